The highest BCUT2D eigenvalue weighted by molar-refractivity contribution is 4.96. The summed E-state index contributed by atoms with van der Waals surface area (Å²) >= 11 is 0. The van der Waals surface area contributed by atoms with E-state index in [9.17, 15) is 0 Å². The fraction of sp³-hybridized carbons (Fsp3) is 0.867. The first kappa shape index (κ1) is 13.1. The van der Waals surface area contributed by atoms with Crippen molar-refractivity contribution >= 4 is 0 Å². The minimum Gasteiger partial charge on any atom is -0.314 e. The van der Waals surface area contributed by atoms with Crippen LogP contribution in [-0.4, -0.2) is 36.6 Å². The van der Waals surface area contributed by atoms with E-state index in [4.69, 9.17) is 0 Å². The van der Waals surface area contributed by atoms with Crippen molar-refractivity contribution in [2.24, 2.45) is 5.92 Å². The van der Waals surface area contributed by atoms with Crippen molar-refractivity contribution in [2.75, 3.05) is 13.6 Å². The Labute approximate surface area is 106 Å². The molecule has 3 atom stereocenters. The summed E-state index contributed by atoms with van der Waals surface area (Å²) in [5.74, 6) is 0.892. The largest absolute Gasteiger partial charge is 0.314 e. The molecule has 2 aliphatic rings. The average molecular weight is 236 g/mol. The van der Waals surface area contributed by atoms with Crippen LogP contribution < -0.4 is 5.32 Å². The lowest BCUT2D eigenvalue weighted by atomic mass is 9.83. The fourth-order valence-electron chi connectivity index (χ4n) is 3.85. The molecule has 2 bridgehead atoms. The van der Waals surface area contributed by atoms with Crippen molar-refractivity contribution in [3.05, 3.63) is 12.7 Å². The standard InChI is InChI=1S/C15H28N2/c1-4-6-7-15(16-5-2)12-10-13-8-9-14(11-12)17(13)3/h4,12-16H,1,5-11H2,2-3H3. The molecule has 0 radical (unpaired) electrons. The van der Waals surface area contributed by atoms with E-state index in [0.717, 1.165) is 37.0 Å². The summed E-state index contributed by atoms with van der Waals surface area (Å²) in [7, 11) is 2.32. The molecule has 0 spiro atoms. The Hall–Kier alpha value is -0.340. The van der Waals surface area contributed by atoms with Crippen LogP contribution in [0.3, 0.4) is 0 Å². The molecule has 0 aromatic heterocycles. The molecular formula is C15H28N2. The van der Waals surface area contributed by atoms with Crippen LogP contribution in [0.2, 0.25) is 0 Å². The lowest BCUT2D eigenvalue weighted by molar-refractivity contribution is 0.111. The molecule has 2 heterocycles. The quantitative estimate of drug-likeness (QED) is 0.713. The molecule has 98 valence electrons. The number of nitrogens with zero attached hydrogens (tertiary/aromatic N) is 1. The molecule has 2 saturated heterocycles. The van der Waals surface area contributed by atoms with E-state index in [2.05, 4.69) is 36.8 Å². The van der Waals surface area contributed by atoms with Crippen molar-refractivity contribution in [1.82, 2.24) is 10.2 Å². The fourth-order valence-corrected chi connectivity index (χ4v) is 3.85. The van der Waals surface area contributed by atoms with Gasteiger partial charge in [-0.25, -0.2) is 0 Å². The first-order valence-electron chi connectivity index (χ1n) is 7.32. The van der Waals surface area contributed by atoms with Crippen LogP contribution in [0, 0.1) is 5.92 Å². The Bertz CT molecular complexity index is 237. The van der Waals surface area contributed by atoms with E-state index in [1.54, 1.807) is 0 Å². The van der Waals surface area contributed by atoms with E-state index >= 15 is 0 Å². The van der Waals surface area contributed by atoms with Crippen LogP contribution in [0.5, 0.6) is 0 Å². The van der Waals surface area contributed by atoms with Gasteiger partial charge in [-0.15, -0.1) is 6.58 Å². The molecule has 0 aliphatic carbocycles. The van der Waals surface area contributed by atoms with E-state index in [0.29, 0.717) is 0 Å². The van der Waals surface area contributed by atoms with E-state index < -0.39 is 0 Å². The Morgan fingerprint density at radius 2 is 2.00 bits per heavy atom. The van der Waals surface area contributed by atoms with Crippen molar-refractivity contribution in [1.29, 1.82) is 0 Å². The Morgan fingerprint density at radius 3 is 2.53 bits per heavy atom. The van der Waals surface area contributed by atoms with Crippen LogP contribution in [0.4, 0.5) is 0 Å². The SMILES string of the molecule is C=CCCC(NCC)C1CC2CCC(C1)N2C. The number of allylic oxidation sites excluding steroid dienone is 1. The maximum Gasteiger partial charge on any atom is 0.00993 e. The van der Waals surface area contributed by atoms with Gasteiger partial charge in [0, 0.05) is 18.1 Å². The van der Waals surface area contributed by atoms with Crippen LogP contribution in [0.1, 0.15) is 45.4 Å². The Morgan fingerprint density at radius 1 is 1.35 bits per heavy atom. The minimum absolute atomic E-state index is 0.717. The van der Waals surface area contributed by atoms with Gasteiger partial charge in [0.1, 0.15) is 0 Å². The van der Waals surface area contributed by atoms with Crippen molar-refractivity contribution in [3.63, 3.8) is 0 Å². The molecule has 2 nitrogen and oxygen atoms in total. The zero-order chi connectivity index (χ0) is 12.3. The third-order valence-corrected chi connectivity index (χ3v) is 4.85. The van der Waals surface area contributed by atoms with Gasteiger partial charge in [-0.2, -0.15) is 0 Å². The van der Waals surface area contributed by atoms with Gasteiger partial charge in [0.05, 0.1) is 0 Å². The van der Waals surface area contributed by atoms with Gasteiger partial charge < -0.3 is 10.2 Å². The third kappa shape index (κ3) is 2.92. The maximum atomic E-state index is 3.86. The van der Waals surface area contributed by atoms with Crippen molar-refractivity contribution in [2.45, 2.75) is 63.6 Å². The number of hydrogen-bond donors (Lipinski definition) is 1. The second-order valence-electron chi connectivity index (χ2n) is 5.81. The Balaban J connectivity index is 1.93. The summed E-state index contributed by atoms with van der Waals surface area (Å²) in [4.78, 5) is 2.63. The van der Waals surface area contributed by atoms with E-state index in [1.807, 2.05) is 0 Å². The topological polar surface area (TPSA) is 15.3 Å². The normalized spacial score (nSPS) is 34.8. The number of nitrogens with one attached hydrogen (secondary N) is 1. The van der Waals surface area contributed by atoms with Crippen molar-refractivity contribution < 1.29 is 0 Å². The molecule has 2 heteroatoms. The molecule has 17 heavy (non-hydrogen) atoms. The van der Waals surface area contributed by atoms with Gasteiger partial charge in [0.2, 0.25) is 0 Å². The average Bonchev–Trinajstić information content (AvgIpc) is 2.56. The van der Waals surface area contributed by atoms with Gasteiger partial charge in [0.25, 0.3) is 0 Å². The predicted octanol–water partition coefficient (Wildman–Crippen LogP) is 2.80. The van der Waals surface area contributed by atoms with Gasteiger partial charge in [-0.05, 0) is 58.0 Å². The van der Waals surface area contributed by atoms with Gasteiger partial charge in [-0.3, -0.25) is 0 Å². The molecule has 0 amide bonds. The molecule has 3 unspecified atom stereocenters. The van der Waals surface area contributed by atoms with E-state index in [1.165, 1.54) is 32.1 Å². The zero-order valence-electron chi connectivity index (χ0n) is 11.5. The number of hydrogen-bond acceptors (Lipinski definition) is 2. The number of piperidine rings is 1. The summed E-state index contributed by atoms with van der Waals surface area (Å²) in [5, 5.41) is 3.70. The number of rotatable bonds is 6. The lowest BCUT2D eigenvalue weighted by Gasteiger charge is -2.40. The van der Waals surface area contributed by atoms with Crippen LogP contribution in [0.15, 0.2) is 12.7 Å². The summed E-state index contributed by atoms with van der Waals surface area (Å²) in [6.45, 7) is 7.18. The Kier molecular flexibility index (Phi) is 4.63. The van der Waals surface area contributed by atoms with Crippen LogP contribution in [-0.2, 0) is 0 Å². The molecule has 0 aromatic carbocycles. The maximum absolute atomic E-state index is 3.86. The molecule has 2 rings (SSSR count). The molecule has 0 saturated carbocycles. The minimum atomic E-state index is 0.717. The summed E-state index contributed by atoms with van der Waals surface area (Å²) in [6.07, 6.45) is 10.2. The highest BCUT2D eigenvalue weighted by Gasteiger charge is 2.40. The molecule has 2 aliphatic heterocycles. The molecular weight excluding hydrogens is 208 g/mol. The first-order valence-corrected chi connectivity index (χ1v) is 7.32. The monoisotopic (exact) mass is 236 g/mol. The van der Waals surface area contributed by atoms with Gasteiger partial charge >= 0.3 is 0 Å². The zero-order valence-corrected chi connectivity index (χ0v) is 11.5. The second kappa shape index (κ2) is 6.01. The first-order chi connectivity index (χ1) is 8.26. The summed E-state index contributed by atoms with van der Waals surface area (Å²) in [5.41, 5.74) is 0. The molecule has 2 fully saturated rings. The molecule has 0 aromatic rings. The van der Waals surface area contributed by atoms with Crippen LogP contribution >= 0.6 is 0 Å². The van der Waals surface area contributed by atoms with Gasteiger partial charge in [0.15, 0.2) is 0 Å². The summed E-state index contributed by atoms with van der Waals surface area (Å²) in [6, 6.07) is 2.45. The molecule has 1 N–H and O–H groups in total. The highest BCUT2D eigenvalue weighted by Crippen LogP contribution is 2.39. The smallest absolute Gasteiger partial charge is 0.00993 e. The second-order valence-corrected chi connectivity index (χ2v) is 5.81. The third-order valence-electron chi connectivity index (χ3n) is 4.85. The number of fused-ring (bicyclic) bond motifs is 2. The van der Waals surface area contributed by atoms with Crippen LogP contribution in [0.25, 0.3) is 0 Å². The van der Waals surface area contributed by atoms with Gasteiger partial charge in [-0.1, -0.05) is 13.0 Å². The van der Waals surface area contributed by atoms with E-state index in [-0.39, 0.29) is 0 Å². The highest BCUT2D eigenvalue weighted by atomic mass is 15.2. The predicted molar refractivity (Wildman–Crippen MR) is 74.2 cm³/mol. The summed E-state index contributed by atoms with van der Waals surface area (Å²) < 4.78 is 0. The lowest BCUT2D eigenvalue weighted by Crippen LogP contribution is -2.47. The van der Waals surface area contributed by atoms with Crippen molar-refractivity contribution in [3.8, 4) is 0 Å².